The second-order valence-corrected chi connectivity index (χ2v) is 3.94. The van der Waals surface area contributed by atoms with Gasteiger partial charge in [0, 0.05) is 24.5 Å². The molecule has 94 valence electrons. The molecule has 2 aromatic rings. The molecule has 0 saturated heterocycles. The second kappa shape index (κ2) is 5.53. The first-order valence-corrected chi connectivity index (χ1v) is 6.14. The van der Waals surface area contributed by atoms with Crippen LogP contribution < -0.4 is 5.32 Å². The van der Waals surface area contributed by atoms with Crippen LogP contribution in [-0.4, -0.2) is 26.5 Å². The lowest BCUT2D eigenvalue weighted by molar-refractivity contribution is 0.977. The molecule has 2 rings (SSSR count). The van der Waals surface area contributed by atoms with Crippen LogP contribution in [0.3, 0.4) is 0 Å². The zero-order valence-electron chi connectivity index (χ0n) is 10.9. The maximum absolute atomic E-state index is 4.50. The van der Waals surface area contributed by atoms with E-state index < -0.39 is 0 Å². The number of aryl methyl sites for hydroxylation is 2. The third-order valence-electron chi connectivity index (χ3n) is 2.50. The van der Waals surface area contributed by atoms with Gasteiger partial charge < -0.3 is 5.32 Å². The van der Waals surface area contributed by atoms with Gasteiger partial charge in [-0.2, -0.15) is 0 Å². The third kappa shape index (κ3) is 2.80. The average molecular weight is 243 g/mol. The Balaban J connectivity index is 2.46. The SMILES string of the molecule is CCNc1cc(CC)nc(-c2ccnc(C)n2)n1. The van der Waals surface area contributed by atoms with E-state index in [0.29, 0.717) is 5.82 Å². The van der Waals surface area contributed by atoms with Crippen molar-refractivity contribution in [2.24, 2.45) is 0 Å². The molecular weight excluding hydrogens is 226 g/mol. The van der Waals surface area contributed by atoms with Gasteiger partial charge in [-0.15, -0.1) is 0 Å². The van der Waals surface area contributed by atoms with Crippen molar-refractivity contribution >= 4 is 5.82 Å². The predicted octanol–water partition coefficient (Wildman–Crippen LogP) is 2.24. The first-order chi connectivity index (χ1) is 8.72. The molecule has 0 aliphatic rings. The van der Waals surface area contributed by atoms with Crippen LogP contribution in [0.25, 0.3) is 11.5 Å². The highest BCUT2D eigenvalue weighted by Gasteiger charge is 2.07. The maximum Gasteiger partial charge on any atom is 0.180 e. The molecule has 0 spiro atoms. The number of hydrogen-bond acceptors (Lipinski definition) is 5. The fraction of sp³-hybridized carbons (Fsp3) is 0.385. The van der Waals surface area contributed by atoms with Crippen LogP contribution in [0.15, 0.2) is 18.3 Å². The van der Waals surface area contributed by atoms with Crippen molar-refractivity contribution in [3.63, 3.8) is 0 Å². The average Bonchev–Trinajstić information content (AvgIpc) is 2.39. The zero-order chi connectivity index (χ0) is 13.0. The van der Waals surface area contributed by atoms with E-state index in [2.05, 4.69) is 32.2 Å². The van der Waals surface area contributed by atoms with E-state index >= 15 is 0 Å². The molecule has 5 heteroatoms. The number of aromatic nitrogens is 4. The van der Waals surface area contributed by atoms with Gasteiger partial charge in [-0.1, -0.05) is 6.92 Å². The fourth-order valence-corrected chi connectivity index (χ4v) is 1.65. The number of anilines is 1. The van der Waals surface area contributed by atoms with Gasteiger partial charge in [-0.25, -0.2) is 19.9 Å². The Hall–Kier alpha value is -2.04. The maximum atomic E-state index is 4.50. The van der Waals surface area contributed by atoms with Crippen molar-refractivity contribution in [2.45, 2.75) is 27.2 Å². The number of nitrogens with one attached hydrogen (secondary N) is 1. The molecule has 0 aromatic carbocycles. The van der Waals surface area contributed by atoms with Crippen LogP contribution in [0.2, 0.25) is 0 Å². The molecule has 2 aromatic heterocycles. The molecule has 0 aliphatic carbocycles. The zero-order valence-corrected chi connectivity index (χ0v) is 10.9. The van der Waals surface area contributed by atoms with Gasteiger partial charge in [0.05, 0.1) is 0 Å². The van der Waals surface area contributed by atoms with Crippen molar-refractivity contribution in [1.82, 2.24) is 19.9 Å². The molecule has 0 unspecified atom stereocenters. The topological polar surface area (TPSA) is 63.6 Å². The summed E-state index contributed by atoms with van der Waals surface area (Å²) in [6, 6.07) is 3.80. The fourth-order valence-electron chi connectivity index (χ4n) is 1.65. The lowest BCUT2D eigenvalue weighted by Gasteiger charge is -2.07. The summed E-state index contributed by atoms with van der Waals surface area (Å²) in [5.74, 6) is 2.22. The Kier molecular flexibility index (Phi) is 3.82. The first kappa shape index (κ1) is 12.4. The predicted molar refractivity (Wildman–Crippen MR) is 71.3 cm³/mol. The van der Waals surface area contributed by atoms with Gasteiger partial charge in [0.1, 0.15) is 17.3 Å². The lowest BCUT2D eigenvalue weighted by atomic mass is 10.3. The largest absolute Gasteiger partial charge is 0.370 e. The highest BCUT2D eigenvalue weighted by Crippen LogP contribution is 2.16. The number of rotatable bonds is 4. The van der Waals surface area contributed by atoms with Gasteiger partial charge >= 0.3 is 0 Å². The monoisotopic (exact) mass is 243 g/mol. The highest BCUT2D eigenvalue weighted by molar-refractivity contribution is 5.52. The quantitative estimate of drug-likeness (QED) is 0.892. The number of nitrogens with zero attached hydrogens (tertiary/aromatic N) is 4. The van der Waals surface area contributed by atoms with Crippen molar-refractivity contribution in [1.29, 1.82) is 0 Å². The Morgan fingerprint density at radius 3 is 2.67 bits per heavy atom. The Bertz CT molecular complexity index is 539. The van der Waals surface area contributed by atoms with Crippen LogP contribution in [0.1, 0.15) is 25.4 Å². The standard InChI is InChI=1S/C13H17N5/c1-4-10-8-12(14-5-2)18-13(17-10)11-6-7-15-9(3)16-11/h6-8H,4-5H2,1-3H3,(H,14,17,18). The molecule has 1 N–H and O–H groups in total. The minimum absolute atomic E-state index is 0.649. The molecular formula is C13H17N5. The summed E-state index contributed by atoms with van der Waals surface area (Å²) in [5.41, 5.74) is 1.77. The van der Waals surface area contributed by atoms with E-state index in [1.165, 1.54) is 0 Å². The molecule has 18 heavy (non-hydrogen) atoms. The molecule has 0 saturated carbocycles. The van der Waals surface area contributed by atoms with E-state index in [4.69, 9.17) is 0 Å². The highest BCUT2D eigenvalue weighted by atomic mass is 15.0. The van der Waals surface area contributed by atoms with E-state index in [1.807, 2.05) is 26.0 Å². The van der Waals surface area contributed by atoms with Crippen molar-refractivity contribution in [2.75, 3.05) is 11.9 Å². The van der Waals surface area contributed by atoms with E-state index in [-0.39, 0.29) is 0 Å². The summed E-state index contributed by atoms with van der Waals surface area (Å²) < 4.78 is 0. The smallest absolute Gasteiger partial charge is 0.180 e. The first-order valence-electron chi connectivity index (χ1n) is 6.14. The van der Waals surface area contributed by atoms with Crippen LogP contribution >= 0.6 is 0 Å². The van der Waals surface area contributed by atoms with Crippen molar-refractivity contribution in [3.05, 3.63) is 29.8 Å². The lowest BCUT2D eigenvalue weighted by Crippen LogP contribution is -2.04. The molecule has 0 fully saturated rings. The normalized spacial score (nSPS) is 10.4. The van der Waals surface area contributed by atoms with E-state index in [1.54, 1.807) is 6.20 Å². The summed E-state index contributed by atoms with van der Waals surface area (Å²) >= 11 is 0. The van der Waals surface area contributed by atoms with Crippen LogP contribution in [-0.2, 0) is 6.42 Å². The van der Waals surface area contributed by atoms with Gasteiger partial charge in [0.25, 0.3) is 0 Å². The van der Waals surface area contributed by atoms with Gasteiger partial charge in [0.15, 0.2) is 5.82 Å². The molecule has 2 heterocycles. The van der Waals surface area contributed by atoms with Crippen LogP contribution in [0.4, 0.5) is 5.82 Å². The minimum Gasteiger partial charge on any atom is -0.370 e. The van der Waals surface area contributed by atoms with Crippen molar-refractivity contribution in [3.8, 4) is 11.5 Å². The molecule has 0 radical (unpaired) electrons. The van der Waals surface area contributed by atoms with Crippen LogP contribution in [0.5, 0.6) is 0 Å². The summed E-state index contributed by atoms with van der Waals surface area (Å²) in [6.07, 6.45) is 2.60. The van der Waals surface area contributed by atoms with Gasteiger partial charge in [-0.05, 0) is 26.3 Å². The Morgan fingerprint density at radius 1 is 1.17 bits per heavy atom. The Morgan fingerprint density at radius 2 is 2.00 bits per heavy atom. The second-order valence-electron chi connectivity index (χ2n) is 3.94. The van der Waals surface area contributed by atoms with E-state index in [0.717, 1.165) is 36.0 Å². The summed E-state index contributed by atoms with van der Waals surface area (Å²) in [7, 11) is 0. The number of hydrogen-bond donors (Lipinski definition) is 1. The van der Waals surface area contributed by atoms with Gasteiger partial charge in [0.2, 0.25) is 0 Å². The molecule has 0 aliphatic heterocycles. The molecule has 0 amide bonds. The summed E-state index contributed by atoms with van der Waals surface area (Å²) in [6.45, 7) is 6.82. The molecule has 0 bridgehead atoms. The summed E-state index contributed by atoms with van der Waals surface area (Å²) in [5, 5.41) is 3.21. The molecule has 0 atom stereocenters. The Labute approximate surface area is 107 Å². The summed E-state index contributed by atoms with van der Waals surface area (Å²) in [4.78, 5) is 17.4. The van der Waals surface area contributed by atoms with Crippen molar-refractivity contribution < 1.29 is 0 Å². The minimum atomic E-state index is 0.649. The van der Waals surface area contributed by atoms with Gasteiger partial charge in [-0.3, -0.25) is 0 Å². The van der Waals surface area contributed by atoms with E-state index in [9.17, 15) is 0 Å². The van der Waals surface area contributed by atoms with Crippen LogP contribution in [0, 0.1) is 6.92 Å². The molecule has 5 nitrogen and oxygen atoms in total. The third-order valence-corrected chi connectivity index (χ3v) is 2.50.